The Morgan fingerprint density at radius 2 is 1.53 bits per heavy atom. The summed E-state index contributed by atoms with van der Waals surface area (Å²) in [6.45, 7) is 2.61. The summed E-state index contributed by atoms with van der Waals surface area (Å²) in [6.07, 6.45) is 9.54. The second-order valence-corrected chi connectivity index (χ2v) is 4.19. The van der Waals surface area contributed by atoms with Crippen LogP contribution in [0.1, 0.15) is 64.7 Å². The topological polar surface area (TPSA) is 49.7 Å². The van der Waals surface area contributed by atoms with Crippen LogP contribution in [-0.4, -0.2) is 23.1 Å². The van der Waals surface area contributed by atoms with Crippen LogP contribution in [0.5, 0.6) is 0 Å². The Morgan fingerprint density at radius 1 is 0.933 bits per heavy atom. The van der Waals surface area contributed by atoms with Gasteiger partial charge in [0.15, 0.2) is 0 Å². The summed E-state index contributed by atoms with van der Waals surface area (Å²) in [6, 6.07) is 0. The predicted molar refractivity (Wildman–Crippen MR) is 61.8 cm³/mol. The molecule has 3 heteroatoms. The molecule has 15 heavy (non-hydrogen) atoms. The van der Waals surface area contributed by atoms with E-state index < -0.39 is 0 Å². The smallest absolute Gasteiger partial charge is 0.0819 e. The van der Waals surface area contributed by atoms with Crippen molar-refractivity contribution in [1.82, 2.24) is 0 Å². The number of aliphatic hydroxyl groups excluding tert-OH is 1. The lowest BCUT2D eigenvalue weighted by Crippen LogP contribution is -2.05. The fourth-order valence-corrected chi connectivity index (χ4v) is 1.67. The van der Waals surface area contributed by atoms with E-state index in [2.05, 4.69) is 11.8 Å². The molecule has 0 aromatic rings. The molecule has 0 aliphatic rings. The molecular weight excluding hydrogens is 192 g/mol. The Hall–Kier alpha value is -0.120. The summed E-state index contributed by atoms with van der Waals surface area (Å²) in [5, 5.41) is 17.7. The summed E-state index contributed by atoms with van der Waals surface area (Å²) in [4.78, 5) is 3.99. The van der Waals surface area contributed by atoms with E-state index in [1.807, 2.05) is 0 Å². The van der Waals surface area contributed by atoms with Crippen LogP contribution in [0, 0.1) is 0 Å². The lowest BCUT2D eigenvalue weighted by atomic mass is 10.0. The third-order valence-electron chi connectivity index (χ3n) is 2.66. The standard InChI is InChI=1S/C12H26O3/c1-2-3-6-9-12(13)10-7-4-5-8-11-15-14/h12-14H,2-11H2,1H3. The summed E-state index contributed by atoms with van der Waals surface area (Å²) in [7, 11) is 0. The Balaban J connectivity index is 3.06. The first-order valence-electron chi connectivity index (χ1n) is 6.25. The molecule has 0 amide bonds. The second-order valence-electron chi connectivity index (χ2n) is 4.19. The van der Waals surface area contributed by atoms with Gasteiger partial charge in [0.25, 0.3) is 0 Å². The summed E-state index contributed by atoms with van der Waals surface area (Å²) in [5.74, 6) is 0. The number of unbranched alkanes of at least 4 members (excludes halogenated alkanes) is 5. The molecule has 0 saturated carbocycles. The molecule has 0 spiro atoms. The fourth-order valence-electron chi connectivity index (χ4n) is 1.67. The minimum absolute atomic E-state index is 0.106. The number of rotatable bonds is 11. The maximum absolute atomic E-state index is 9.61. The van der Waals surface area contributed by atoms with Gasteiger partial charge in [-0.3, -0.25) is 5.26 Å². The van der Waals surface area contributed by atoms with Gasteiger partial charge in [-0.25, -0.2) is 4.89 Å². The minimum Gasteiger partial charge on any atom is -0.393 e. The van der Waals surface area contributed by atoms with E-state index in [-0.39, 0.29) is 6.10 Å². The van der Waals surface area contributed by atoms with Gasteiger partial charge in [0.2, 0.25) is 0 Å². The highest BCUT2D eigenvalue weighted by Gasteiger charge is 2.02. The normalized spacial score (nSPS) is 13.0. The molecule has 0 aliphatic carbocycles. The average molecular weight is 218 g/mol. The Bertz CT molecular complexity index is 117. The van der Waals surface area contributed by atoms with Crippen molar-refractivity contribution in [3.63, 3.8) is 0 Å². The Labute approximate surface area is 93.4 Å². The van der Waals surface area contributed by atoms with E-state index in [0.29, 0.717) is 6.61 Å². The highest BCUT2D eigenvalue weighted by molar-refractivity contribution is 4.56. The van der Waals surface area contributed by atoms with Crippen molar-refractivity contribution in [2.24, 2.45) is 0 Å². The molecular formula is C12H26O3. The van der Waals surface area contributed by atoms with Crippen molar-refractivity contribution in [3.8, 4) is 0 Å². The quantitative estimate of drug-likeness (QED) is 0.317. The van der Waals surface area contributed by atoms with E-state index in [0.717, 1.165) is 44.9 Å². The molecule has 3 nitrogen and oxygen atoms in total. The van der Waals surface area contributed by atoms with Crippen LogP contribution in [0.3, 0.4) is 0 Å². The zero-order valence-electron chi connectivity index (χ0n) is 9.95. The first-order valence-corrected chi connectivity index (χ1v) is 6.25. The molecule has 0 aromatic carbocycles. The third-order valence-corrected chi connectivity index (χ3v) is 2.66. The number of aliphatic hydroxyl groups is 1. The van der Waals surface area contributed by atoms with Crippen LogP contribution in [0.25, 0.3) is 0 Å². The average Bonchev–Trinajstić information content (AvgIpc) is 2.23. The van der Waals surface area contributed by atoms with E-state index in [1.165, 1.54) is 12.8 Å². The maximum Gasteiger partial charge on any atom is 0.0819 e. The molecule has 1 unspecified atom stereocenters. The minimum atomic E-state index is -0.106. The van der Waals surface area contributed by atoms with Gasteiger partial charge in [0, 0.05) is 0 Å². The van der Waals surface area contributed by atoms with Crippen molar-refractivity contribution in [2.75, 3.05) is 6.61 Å². The van der Waals surface area contributed by atoms with Gasteiger partial charge in [0.1, 0.15) is 0 Å². The molecule has 0 aliphatic heterocycles. The first-order chi connectivity index (χ1) is 7.31. The van der Waals surface area contributed by atoms with Gasteiger partial charge in [-0.15, -0.1) is 0 Å². The van der Waals surface area contributed by atoms with Crippen LogP contribution >= 0.6 is 0 Å². The predicted octanol–water partition coefficient (Wildman–Crippen LogP) is 3.37. The van der Waals surface area contributed by atoms with E-state index in [9.17, 15) is 5.11 Å². The van der Waals surface area contributed by atoms with Crippen LogP contribution in [0.2, 0.25) is 0 Å². The van der Waals surface area contributed by atoms with Gasteiger partial charge in [-0.05, 0) is 19.3 Å². The van der Waals surface area contributed by atoms with Gasteiger partial charge in [0.05, 0.1) is 12.7 Å². The molecule has 0 rings (SSSR count). The highest BCUT2D eigenvalue weighted by Crippen LogP contribution is 2.11. The van der Waals surface area contributed by atoms with Crippen LogP contribution in [0.15, 0.2) is 0 Å². The zero-order valence-corrected chi connectivity index (χ0v) is 9.95. The lowest BCUT2D eigenvalue weighted by molar-refractivity contribution is -0.242. The monoisotopic (exact) mass is 218 g/mol. The fraction of sp³-hybridized carbons (Fsp3) is 1.00. The molecule has 0 saturated heterocycles. The lowest BCUT2D eigenvalue weighted by Gasteiger charge is -2.09. The molecule has 0 bridgehead atoms. The van der Waals surface area contributed by atoms with E-state index >= 15 is 0 Å². The molecule has 0 aromatic heterocycles. The molecule has 0 heterocycles. The van der Waals surface area contributed by atoms with Gasteiger partial charge in [-0.2, -0.15) is 0 Å². The van der Waals surface area contributed by atoms with Gasteiger partial charge >= 0.3 is 0 Å². The van der Waals surface area contributed by atoms with Crippen LogP contribution in [-0.2, 0) is 4.89 Å². The summed E-state index contributed by atoms with van der Waals surface area (Å²) in [5.41, 5.74) is 0. The molecule has 1 atom stereocenters. The van der Waals surface area contributed by atoms with Crippen LogP contribution < -0.4 is 0 Å². The van der Waals surface area contributed by atoms with Crippen molar-refractivity contribution in [2.45, 2.75) is 70.8 Å². The largest absolute Gasteiger partial charge is 0.393 e. The van der Waals surface area contributed by atoms with Gasteiger partial charge in [-0.1, -0.05) is 45.4 Å². The van der Waals surface area contributed by atoms with Gasteiger partial charge < -0.3 is 5.11 Å². The first kappa shape index (κ1) is 14.9. The molecule has 92 valence electrons. The van der Waals surface area contributed by atoms with E-state index in [1.54, 1.807) is 0 Å². The Morgan fingerprint density at radius 3 is 2.13 bits per heavy atom. The molecule has 2 N–H and O–H groups in total. The Kier molecular flexibility index (Phi) is 11.9. The molecule has 0 radical (unpaired) electrons. The van der Waals surface area contributed by atoms with Crippen molar-refractivity contribution < 1.29 is 15.3 Å². The third kappa shape index (κ3) is 11.8. The van der Waals surface area contributed by atoms with Crippen LogP contribution in [0.4, 0.5) is 0 Å². The summed E-state index contributed by atoms with van der Waals surface area (Å²) >= 11 is 0. The highest BCUT2D eigenvalue weighted by atomic mass is 17.1. The second kappa shape index (κ2) is 12.0. The number of hydrogen-bond donors (Lipinski definition) is 2. The van der Waals surface area contributed by atoms with Crippen molar-refractivity contribution in [3.05, 3.63) is 0 Å². The maximum atomic E-state index is 9.61. The van der Waals surface area contributed by atoms with Crippen molar-refractivity contribution >= 4 is 0 Å². The molecule has 0 fully saturated rings. The number of hydrogen-bond acceptors (Lipinski definition) is 3. The SMILES string of the molecule is CCCCCC(O)CCCCCCOO. The van der Waals surface area contributed by atoms with Crippen molar-refractivity contribution in [1.29, 1.82) is 0 Å². The summed E-state index contributed by atoms with van der Waals surface area (Å²) < 4.78 is 0. The zero-order chi connectivity index (χ0) is 11.4. The van der Waals surface area contributed by atoms with E-state index in [4.69, 9.17) is 5.26 Å².